The molecule has 272 valence electrons. The molecular weight excluding hydrogens is 697 g/mol. The minimum Gasteiger partial charge on any atom is -0.506 e. The summed E-state index contributed by atoms with van der Waals surface area (Å²) in [6.45, 7) is 6.57. The van der Waals surface area contributed by atoms with Crippen LogP contribution >= 0.6 is 22.9 Å². The highest BCUT2D eigenvalue weighted by molar-refractivity contribution is 7.08. The molecule has 6 aliphatic rings. The molecule has 5 saturated heterocycles. The van der Waals surface area contributed by atoms with Crippen molar-refractivity contribution >= 4 is 46.7 Å². The smallest absolute Gasteiger partial charge is 0.420 e. The molecule has 1 unspecified atom stereocenters. The van der Waals surface area contributed by atoms with Crippen molar-refractivity contribution in [2.45, 2.75) is 62.9 Å². The van der Waals surface area contributed by atoms with Gasteiger partial charge in [-0.1, -0.05) is 11.6 Å². The molecule has 1 aromatic heterocycles. The molecular formula is C34H42ClF3N6O5S. The second-order valence-corrected chi connectivity index (χ2v) is 15.2. The van der Waals surface area contributed by atoms with E-state index in [2.05, 4.69) is 15.1 Å². The standard InChI is InChI=1S/C34H42ClF3N6O5S/c35-26-16-21(15-25(30(26)45)34(36,37)38)17-29(31(46)42-13-11-41(12-14-42)28-18-40-6-1-22(28)2-7-40)49-33(48)43-8-4-24(5-9-43)44-10-3-23-19-50-20-27(23)39-32(44)47/h15-16,19-20,22,24,28-29,45H,1-14,17-18H2,(H,39,47)/t28?,29-/m1/s1. The number of fused-ring (bicyclic) bond motifs is 4. The number of halogens is 4. The number of rotatable bonds is 6. The molecule has 0 spiro atoms. The van der Waals surface area contributed by atoms with Gasteiger partial charge < -0.3 is 34.8 Å². The molecule has 0 radical (unpaired) electrons. The quantitative estimate of drug-likeness (QED) is 0.431. The lowest BCUT2D eigenvalue weighted by Crippen LogP contribution is -2.62. The minimum absolute atomic E-state index is 0.0106. The van der Waals surface area contributed by atoms with Crippen LogP contribution in [0.25, 0.3) is 0 Å². The van der Waals surface area contributed by atoms with Gasteiger partial charge in [0.05, 0.1) is 16.3 Å². The van der Waals surface area contributed by atoms with E-state index in [1.165, 1.54) is 23.8 Å². The van der Waals surface area contributed by atoms with Gasteiger partial charge in [0, 0.05) is 76.2 Å². The monoisotopic (exact) mass is 738 g/mol. The van der Waals surface area contributed by atoms with Gasteiger partial charge in [-0.15, -0.1) is 11.3 Å². The fraction of sp³-hybridized carbons (Fsp3) is 0.618. The molecule has 5 fully saturated rings. The summed E-state index contributed by atoms with van der Waals surface area (Å²) in [6.07, 6.45) is -3.26. The van der Waals surface area contributed by atoms with Crippen molar-refractivity contribution in [1.29, 1.82) is 0 Å². The number of ether oxygens (including phenoxy) is 1. The topological polar surface area (TPSA) is 109 Å². The van der Waals surface area contributed by atoms with Crippen molar-refractivity contribution < 1.29 is 37.4 Å². The fourth-order valence-electron chi connectivity index (χ4n) is 8.27. The number of anilines is 1. The summed E-state index contributed by atoms with van der Waals surface area (Å²) in [5, 5.41) is 16.4. The molecule has 2 N–H and O–H groups in total. The Morgan fingerprint density at radius 3 is 2.36 bits per heavy atom. The molecule has 4 amide bonds. The highest BCUT2D eigenvalue weighted by Gasteiger charge is 2.41. The van der Waals surface area contributed by atoms with Gasteiger partial charge >= 0.3 is 18.3 Å². The van der Waals surface area contributed by atoms with E-state index in [9.17, 15) is 32.7 Å². The summed E-state index contributed by atoms with van der Waals surface area (Å²) in [7, 11) is 0. The van der Waals surface area contributed by atoms with E-state index in [1.54, 1.807) is 16.2 Å². The van der Waals surface area contributed by atoms with Gasteiger partial charge in [-0.3, -0.25) is 9.69 Å². The summed E-state index contributed by atoms with van der Waals surface area (Å²) in [4.78, 5) is 50.4. The molecule has 0 saturated carbocycles. The summed E-state index contributed by atoms with van der Waals surface area (Å²) in [5.74, 6) is -0.930. The number of piperazine rings is 1. The number of amides is 4. The van der Waals surface area contributed by atoms with Crippen LogP contribution in [-0.4, -0.2) is 131 Å². The summed E-state index contributed by atoms with van der Waals surface area (Å²) in [5.41, 5.74) is 0.617. The molecule has 16 heteroatoms. The fourth-order valence-corrected chi connectivity index (χ4v) is 9.33. The van der Waals surface area contributed by atoms with Crippen molar-refractivity contribution in [1.82, 2.24) is 24.5 Å². The van der Waals surface area contributed by atoms with E-state index in [0.717, 1.165) is 43.4 Å². The number of urea groups is 1. The lowest BCUT2D eigenvalue weighted by Gasteiger charge is -2.51. The zero-order valence-corrected chi connectivity index (χ0v) is 29.2. The van der Waals surface area contributed by atoms with Crippen LogP contribution in [0.3, 0.4) is 0 Å². The average molecular weight is 739 g/mol. The number of phenols is 1. The number of likely N-dealkylation sites (tertiary alicyclic amines) is 1. The number of hydrogen-bond donors (Lipinski definition) is 2. The third-order valence-corrected chi connectivity index (χ3v) is 12.2. The Kier molecular flexibility index (Phi) is 10.1. The van der Waals surface area contributed by atoms with E-state index < -0.39 is 40.6 Å². The summed E-state index contributed by atoms with van der Waals surface area (Å²) < 4.78 is 47.1. The molecule has 11 nitrogen and oxygen atoms in total. The van der Waals surface area contributed by atoms with Crippen LogP contribution in [0, 0.1) is 5.92 Å². The number of aromatic hydroxyl groups is 1. The number of carbonyl (C=O) groups is 3. The average Bonchev–Trinajstić information content (AvgIpc) is 3.49. The van der Waals surface area contributed by atoms with Crippen LogP contribution in [0.2, 0.25) is 5.02 Å². The predicted molar refractivity (Wildman–Crippen MR) is 182 cm³/mol. The maximum atomic E-state index is 14.0. The zero-order valence-electron chi connectivity index (χ0n) is 27.7. The molecule has 2 bridgehead atoms. The Bertz CT molecular complexity index is 1590. The second kappa shape index (κ2) is 14.4. The highest BCUT2D eigenvalue weighted by atomic mass is 35.5. The molecule has 1 aromatic carbocycles. The number of hydrogen-bond acceptors (Lipinski definition) is 8. The van der Waals surface area contributed by atoms with E-state index in [0.29, 0.717) is 57.5 Å². The molecule has 0 aliphatic carbocycles. The maximum absolute atomic E-state index is 14.0. The number of phenolic OH excluding ortho intramolecular Hbond substituents is 1. The van der Waals surface area contributed by atoms with Crippen molar-refractivity contribution in [3.63, 3.8) is 0 Å². The summed E-state index contributed by atoms with van der Waals surface area (Å²) >= 11 is 7.54. The number of alkyl halides is 3. The first-order valence-electron chi connectivity index (χ1n) is 17.4. The van der Waals surface area contributed by atoms with E-state index >= 15 is 0 Å². The first kappa shape index (κ1) is 35.1. The van der Waals surface area contributed by atoms with Gasteiger partial charge in [0.2, 0.25) is 0 Å². The van der Waals surface area contributed by atoms with E-state index in [1.807, 2.05) is 15.7 Å². The van der Waals surface area contributed by atoms with E-state index in [-0.39, 0.29) is 37.1 Å². The third-order valence-electron chi connectivity index (χ3n) is 11.1. The Morgan fingerprint density at radius 1 is 0.980 bits per heavy atom. The van der Waals surface area contributed by atoms with Crippen LogP contribution in [0.4, 0.5) is 28.4 Å². The van der Waals surface area contributed by atoms with Gasteiger partial charge in [-0.05, 0) is 79.8 Å². The van der Waals surface area contributed by atoms with Crippen LogP contribution < -0.4 is 5.32 Å². The number of thiophene rings is 1. The van der Waals surface area contributed by atoms with Gasteiger partial charge in [-0.2, -0.15) is 13.2 Å². The first-order chi connectivity index (χ1) is 23.9. The SMILES string of the molecule is O=C(O[C@H](Cc1cc(Cl)c(O)c(C(F)(F)F)c1)C(=O)N1CCN(C2CN3CCC2CC3)CC1)N1CCC(N2CCc3cscc3NC2=O)CC1. The van der Waals surface area contributed by atoms with Crippen molar-refractivity contribution in [2.24, 2.45) is 5.92 Å². The highest BCUT2D eigenvalue weighted by Crippen LogP contribution is 2.41. The Balaban J connectivity index is 1.02. The van der Waals surface area contributed by atoms with Gasteiger partial charge in [-0.25, -0.2) is 9.59 Å². The van der Waals surface area contributed by atoms with Crippen LogP contribution in [0.1, 0.15) is 42.4 Å². The number of nitrogens with zero attached hydrogens (tertiary/aromatic N) is 5. The number of nitrogens with one attached hydrogen (secondary N) is 1. The predicted octanol–water partition coefficient (Wildman–Crippen LogP) is 4.97. The largest absolute Gasteiger partial charge is 0.506 e. The first-order valence-corrected chi connectivity index (χ1v) is 18.7. The van der Waals surface area contributed by atoms with Crippen molar-refractivity contribution in [3.8, 4) is 5.75 Å². The van der Waals surface area contributed by atoms with E-state index in [4.69, 9.17) is 16.3 Å². The molecule has 8 rings (SSSR count). The normalized spacial score (nSPS) is 25.6. The second-order valence-electron chi connectivity index (χ2n) is 14.0. The minimum atomic E-state index is -4.88. The molecule has 2 aromatic rings. The van der Waals surface area contributed by atoms with Crippen molar-refractivity contribution in [2.75, 3.05) is 70.8 Å². The zero-order chi connectivity index (χ0) is 35.2. The number of piperidine rings is 4. The Labute approximate surface area is 297 Å². The Morgan fingerprint density at radius 2 is 1.70 bits per heavy atom. The van der Waals surface area contributed by atoms with Gasteiger partial charge in [0.1, 0.15) is 5.75 Å². The number of benzene rings is 1. The molecule has 7 heterocycles. The molecule has 2 atom stereocenters. The van der Waals surface area contributed by atoms with Crippen LogP contribution in [-0.2, 0) is 28.5 Å². The van der Waals surface area contributed by atoms with Gasteiger partial charge in [0.15, 0.2) is 6.10 Å². The third kappa shape index (κ3) is 7.37. The van der Waals surface area contributed by atoms with Crippen molar-refractivity contribution in [3.05, 3.63) is 44.6 Å². The Hall–Kier alpha value is -3.27. The summed E-state index contributed by atoms with van der Waals surface area (Å²) in [6, 6.07) is 2.10. The van der Waals surface area contributed by atoms with Crippen LogP contribution in [0.15, 0.2) is 22.9 Å². The van der Waals surface area contributed by atoms with Crippen LogP contribution in [0.5, 0.6) is 5.75 Å². The molecule has 50 heavy (non-hydrogen) atoms. The molecule has 6 aliphatic heterocycles. The number of carbonyl (C=O) groups excluding carboxylic acids is 3. The lowest BCUT2D eigenvalue weighted by atomic mass is 9.83. The lowest BCUT2D eigenvalue weighted by molar-refractivity contribution is -0.143. The maximum Gasteiger partial charge on any atom is 0.420 e. The van der Waals surface area contributed by atoms with Gasteiger partial charge in [0.25, 0.3) is 5.91 Å².